The molecule has 2 aromatic heterocycles. The molecule has 23 heavy (non-hydrogen) atoms. The predicted octanol–water partition coefficient (Wildman–Crippen LogP) is 2.37. The number of pyridine rings is 1. The van der Waals surface area contributed by atoms with Gasteiger partial charge in [-0.2, -0.15) is 0 Å². The lowest BCUT2D eigenvalue weighted by molar-refractivity contribution is 0.0411. The molecule has 0 bridgehead atoms. The van der Waals surface area contributed by atoms with Gasteiger partial charge < -0.3 is 9.30 Å². The average Bonchev–Trinajstić information content (AvgIpc) is 2.95. The minimum absolute atomic E-state index is 0.338. The number of terminal acetylenes is 1. The highest BCUT2D eigenvalue weighted by molar-refractivity contribution is 5.92. The SMILES string of the molecule is C#C[C@@H](Cc1ccccc1)OC(=O)c1cnc2c(c1)ncn2C. The Morgan fingerprint density at radius 3 is 2.87 bits per heavy atom. The molecule has 3 aromatic rings. The Kier molecular flexibility index (Phi) is 4.07. The van der Waals surface area contributed by atoms with Crippen LogP contribution in [0.4, 0.5) is 0 Å². The second kappa shape index (κ2) is 6.32. The van der Waals surface area contributed by atoms with Gasteiger partial charge in [0.05, 0.1) is 11.9 Å². The maximum Gasteiger partial charge on any atom is 0.341 e. The van der Waals surface area contributed by atoms with Crippen LogP contribution in [0.3, 0.4) is 0 Å². The molecule has 0 N–H and O–H groups in total. The number of nitrogens with zero attached hydrogens (tertiary/aromatic N) is 3. The van der Waals surface area contributed by atoms with Crippen LogP contribution in [0.1, 0.15) is 15.9 Å². The Labute approximate surface area is 133 Å². The number of hydrogen-bond acceptors (Lipinski definition) is 4. The minimum Gasteiger partial charge on any atom is -0.445 e. The molecule has 0 aliphatic rings. The number of aryl methyl sites for hydroxylation is 1. The molecule has 5 nitrogen and oxygen atoms in total. The molecule has 0 aliphatic carbocycles. The van der Waals surface area contributed by atoms with E-state index in [0.717, 1.165) is 5.56 Å². The molecule has 3 rings (SSSR count). The number of esters is 1. The third kappa shape index (κ3) is 3.22. The van der Waals surface area contributed by atoms with Crippen molar-refractivity contribution in [2.24, 2.45) is 7.05 Å². The summed E-state index contributed by atoms with van der Waals surface area (Å²) >= 11 is 0. The maximum atomic E-state index is 12.3. The van der Waals surface area contributed by atoms with E-state index in [9.17, 15) is 4.79 Å². The lowest BCUT2D eigenvalue weighted by atomic mass is 10.1. The molecule has 0 amide bonds. The van der Waals surface area contributed by atoms with Crippen molar-refractivity contribution < 1.29 is 9.53 Å². The zero-order valence-corrected chi connectivity index (χ0v) is 12.6. The van der Waals surface area contributed by atoms with E-state index in [0.29, 0.717) is 23.1 Å². The fourth-order valence-electron chi connectivity index (χ4n) is 2.29. The standard InChI is InChI=1S/C18H15N3O2/c1-3-15(9-13-7-5-4-6-8-13)23-18(22)14-10-16-17(19-11-14)21(2)12-20-16/h1,4-8,10-12,15H,9H2,2H3/t15-/m0/s1. The second-order valence-electron chi connectivity index (χ2n) is 5.17. The van der Waals surface area contributed by atoms with E-state index in [4.69, 9.17) is 11.2 Å². The van der Waals surface area contributed by atoms with Crippen molar-refractivity contribution in [3.05, 3.63) is 60.0 Å². The molecule has 0 spiro atoms. The fourth-order valence-corrected chi connectivity index (χ4v) is 2.29. The first kappa shape index (κ1) is 14.8. The number of benzene rings is 1. The smallest absolute Gasteiger partial charge is 0.341 e. The van der Waals surface area contributed by atoms with E-state index in [1.807, 2.05) is 37.4 Å². The van der Waals surface area contributed by atoms with Gasteiger partial charge in [0.2, 0.25) is 0 Å². The highest BCUT2D eigenvalue weighted by Gasteiger charge is 2.16. The van der Waals surface area contributed by atoms with Gasteiger partial charge in [-0.3, -0.25) is 0 Å². The summed E-state index contributed by atoms with van der Waals surface area (Å²) in [6.07, 6.45) is 8.46. The molecule has 0 aliphatic heterocycles. The number of ether oxygens (including phenoxy) is 1. The molecular formula is C18H15N3O2. The van der Waals surface area contributed by atoms with Crippen LogP contribution in [0.25, 0.3) is 11.2 Å². The van der Waals surface area contributed by atoms with Gasteiger partial charge in [-0.1, -0.05) is 36.3 Å². The molecule has 1 aromatic carbocycles. The van der Waals surface area contributed by atoms with Crippen molar-refractivity contribution in [2.75, 3.05) is 0 Å². The Balaban J connectivity index is 1.74. The molecule has 0 fully saturated rings. The number of imidazole rings is 1. The maximum absolute atomic E-state index is 12.3. The zero-order chi connectivity index (χ0) is 16.2. The van der Waals surface area contributed by atoms with Crippen molar-refractivity contribution >= 4 is 17.1 Å². The van der Waals surface area contributed by atoms with Gasteiger partial charge in [-0.25, -0.2) is 14.8 Å². The van der Waals surface area contributed by atoms with Gasteiger partial charge in [0.25, 0.3) is 0 Å². The van der Waals surface area contributed by atoms with Crippen molar-refractivity contribution in [2.45, 2.75) is 12.5 Å². The van der Waals surface area contributed by atoms with E-state index in [1.165, 1.54) is 6.20 Å². The quantitative estimate of drug-likeness (QED) is 0.548. The van der Waals surface area contributed by atoms with Gasteiger partial charge in [0, 0.05) is 19.7 Å². The van der Waals surface area contributed by atoms with Crippen molar-refractivity contribution in [1.82, 2.24) is 14.5 Å². The normalized spacial score (nSPS) is 11.8. The first-order valence-corrected chi connectivity index (χ1v) is 7.15. The summed E-state index contributed by atoms with van der Waals surface area (Å²) in [5.74, 6) is 2.01. The Bertz CT molecular complexity index is 878. The van der Waals surface area contributed by atoms with Gasteiger partial charge >= 0.3 is 5.97 Å². The van der Waals surface area contributed by atoms with Crippen LogP contribution < -0.4 is 0 Å². The topological polar surface area (TPSA) is 57.0 Å². The van der Waals surface area contributed by atoms with E-state index in [2.05, 4.69) is 15.9 Å². The van der Waals surface area contributed by atoms with E-state index < -0.39 is 12.1 Å². The van der Waals surface area contributed by atoms with Gasteiger partial charge in [-0.15, -0.1) is 6.42 Å². The zero-order valence-electron chi connectivity index (χ0n) is 12.6. The first-order valence-electron chi connectivity index (χ1n) is 7.15. The van der Waals surface area contributed by atoms with Crippen LogP contribution in [-0.2, 0) is 18.2 Å². The Morgan fingerprint density at radius 2 is 2.13 bits per heavy atom. The summed E-state index contributed by atoms with van der Waals surface area (Å²) in [4.78, 5) is 20.7. The lowest BCUT2D eigenvalue weighted by Crippen LogP contribution is -2.19. The molecule has 0 radical (unpaired) electrons. The minimum atomic E-state index is -0.621. The van der Waals surface area contributed by atoms with Gasteiger partial charge in [-0.05, 0) is 11.6 Å². The van der Waals surface area contributed by atoms with E-state index >= 15 is 0 Å². The molecule has 5 heteroatoms. The lowest BCUT2D eigenvalue weighted by Gasteiger charge is -2.12. The van der Waals surface area contributed by atoms with Crippen LogP contribution >= 0.6 is 0 Å². The van der Waals surface area contributed by atoms with Crippen molar-refractivity contribution in [1.29, 1.82) is 0 Å². The highest BCUT2D eigenvalue weighted by atomic mass is 16.5. The molecular weight excluding hydrogens is 290 g/mol. The largest absolute Gasteiger partial charge is 0.445 e. The first-order chi connectivity index (χ1) is 11.2. The molecule has 0 saturated heterocycles. The molecule has 0 saturated carbocycles. The summed E-state index contributed by atoms with van der Waals surface area (Å²) in [6.45, 7) is 0. The monoisotopic (exact) mass is 305 g/mol. The number of fused-ring (bicyclic) bond motifs is 1. The number of carbonyl (C=O) groups excluding carboxylic acids is 1. The van der Waals surface area contributed by atoms with Crippen molar-refractivity contribution in [3.8, 4) is 12.3 Å². The Morgan fingerprint density at radius 1 is 1.35 bits per heavy atom. The average molecular weight is 305 g/mol. The van der Waals surface area contributed by atoms with E-state index in [1.54, 1.807) is 17.0 Å². The number of aromatic nitrogens is 3. The van der Waals surface area contributed by atoms with Crippen LogP contribution in [-0.4, -0.2) is 26.6 Å². The van der Waals surface area contributed by atoms with Crippen molar-refractivity contribution in [3.63, 3.8) is 0 Å². The molecule has 114 valence electrons. The second-order valence-corrected chi connectivity index (χ2v) is 5.17. The third-order valence-electron chi connectivity index (χ3n) is 3.49. The molecule has 1 atom stereocenters. The summed E-state index contributed by atoms with van der Waals surface area (Å²) in [6, 6.07) is 11.3. The summed E-state index contributed by atoms with van der Waals surface area (Å²) in [5, 5.41) is 0. The molecule has 0 unspecified atom stereocenters. The van der Waals surface area contributed by atoms with E-state index in [-0.39, 0.29) is 0 Å². The summed E-state index contributed by atoms with van der Waals surface area (Å²) in [5.41, 5.74) is 2.70. The fraction of sp³-hybridized carbons (Fsp3) is 0.167. The summed E-state index contributed by atoms with van der Waals surface area (Å²) in [7, 11) is 1.84. The number of hydrogen-bond donors (Lipinski definition) is 0. The number of carbonyl (C=O) groups is 1. The number of rotatable bonds is 4. The van der Waals surface area contributed by atoms with Crippen LogP contribution in [0.2, 0.25) is 0 Å². The van der Waals surface area contributed by atoms with Crippen LogP contribution in [0.5, 0.6) is 0 Å². The third-order valence-corrected chi connectivity index (χ3v) is 3.49. The van der Waals surface area contributed by atoms with Gasteiger partial charge in [0.1, 0.15) is 5.52 Å². The predicted molar refractivity (Wildman–Crippen MR) is 86.7 cm³/mol. The van der Waals surface area contributed by atoms with Crippen LogP contribution in [0.15, 0.2) is 48.9 Å². The summed E-state index contributed by atoms with van der Waals surface area (Å²) < 4.78 is 7.18. The van der Waals surface area contributed by atoms with Gasteiger partial charge in [0.15, 0.2) is 11.8 Å². The van der Waals surface area contributed by atoms with Crippen LogP contribution in [0, 0.1) is 12.3 Å². The highest BCUT2D eigenvalue weighted by Crippen LogP contribution is 2.13. The Hall–Kier alpha value is -3.13. The molecule has 2 heterocycles.